The Morgan fingerprint density at radius 2 is 0.741 bits per heavy atom. The van der Waals surface area contributed by atoms with Gasteiger partial charge >= 0.3 is 8.56 Å². The number of phenols is 1. The molecule has 0 saturated carbocycles. The van der Waals surface area contributed by atoms with Crippen LogP contribution in [0.1, 0.15) is 163 Å². The van der Waals surface area contributed by atoms with Gasteiger partial charge in [0.25, 0.3) is 0 Å². The second kappa shape index (κ2) is 13.2. The van der Waals surface area contributed by atoms with E-state index in [2.05, 4.69) is 132 Å². The molecule has 0 atom stereocenters. The van der Waals surface area contributed by atoms with Crippen molar-refractivity contribution in [2.75, 3.05) is 7.11 Å². The smallest absolute Gasteiger partial charge is 0.460 e. The highest BCUT2D eigenvalue weighted by Gasteiger charge is 2.48. The number of methoxy groups -OCH3 is 1. The summed E-state index contributed by atoms with van der Waals surface area (Å²) in [6.07, 6.45) is 4.76. The molecule has 1 N–H and O–H groups in total. The highest BCUT2D eigenvalue weighted by molar-refractivity contribution is 6.69. The van der Waals surface area contributed by atoms with Crippen molar-refractivity contribution >= 4 is 8.56 Å². The molecule has 0 amide bonds. The molecule has 1 fully saturated rings. The van der Waals surface area contributed by atoms with Crippen LogP contribution in [-0.2, 0) is 47.3 Å². The number of benzene rings is 4. The van der Waals surface area contributed by atoms with Gasteiger partial charge < -0.3 is 18.7 Å². The lowest BCUT2D eigenvalue weighted by molar-refractivity contribution is 0.373. The zero-order valence-electron chi connectivity index (χ0n) is 35.4. The fourth-order valence-corrected chi connectivity index (χ4v) is 12.2. The van der Waals surface area contributed by atoms with E-state index in [1.807, 2.05) is 0 Å². The molecule has 4 aliphatic rings. The third-order valence-electron chi connectivity index (χ3n) is 12.1. The maximum Gasteiger partial charge on any atom is 0.460 e. The first-order valence-corrected chi connectivity index (χ1v) is 22.5. The molecule has 3 heterocycles. The van der Waals surface area contributed by atoms with Crippen molar-refractivity contribution < 1.29 is 18.7 Å². The van der Waals surface area contributed by atoms with E-state index < -0.39 is 8.56 Å². The Morgan fingerprint density at radius 1 is 0.463 bits per heavy atom. The van der Waals surface area contributed by atoms with E-state index in [4.69, 9.17) is 13.6 Å². The quantitative estimate of drug-likeness (QED) is 0.174. The van der Waals surface area contributed by atoms with Crippen LogP contribution in [-0.4, -0.2) is 20.8 Å². The summed E-state index contributed by atoms with van der Waals surface area (Å²) in [7, 11) is -0.937. The summed E-state index contributed by atoms with van der Waals surface area (Å²) in [5, 5.41) is 12.4. The van der Waals surface area contributed by atoms with Gasteiger partial charge in [0.1, 0.15) is 23.0 Å². The van der Waals surface area contributed by atoms with Crippen LogP contribution in [0.15, 0.2) is 48.5 Å². The summed E-state index contributed by atoms with van der Waals surface area (Å²) in [6.45, 7) is 27.5. The SMILES string of the molecule is COc1c2cc(C(C)(C)C)cc1Cc1cc(C(C)(C)C)cc3c1O[Si]1(CCCC1)Oc1c(cc(C(C)(C)C)cc1C3)Cc1cc(C(C)(C)C)cc(c1O)C2. The first-order chi connectivity index (χ1) is 25.0. The fraction of sp³-hybridized carbons (Fsp3) is 0.510. The summed E-state index contributed by atoms with van der Waals surface area (Å²) in [4.78, 5) is 0. The minimum absolute atomic E-state index is 0.0548. The summed E-state index contributed by atoms with van der Waals surface area (Å²) in [5.74, 6) is 3.27. The van der Waals surface area contributed by atoms with Crippen LogP contribution in [0.25, 0.3) is 0 Å². The molecule has 8 rings (SSSR count). The molecule has 5 heteroatoms. The van der Waals surface area contributed by atoms with Gasteiger partial charge in [-0.15, -0.1) is 0 Å². The van der Waals surface area contributed by atoms with Crippen LogP contribution >= 0.6 is 0 Å². The Kier molecular flexibility index (Phi) is 9.43. The number of ether oxygens (including phenoxy) is 1. The third-order valence-corrected chi connectivity index (χ3v) is 15.5. The number of hydrogen-bond acceptors (Lipinski definition) is 4. The second-order valence-electron chi connectivity index (χ2n) is 20.7. The average molecular weight is 745 g/mol. The van der Waals surface area contributed by atoms with Crippen LogP contribution in [0, 0.1) is 0 Å². The molecule has 4 aromatic carbocycles. The van der Waals surface area contributed by atoms with E-state index in [-0.39, 0.29) is 21.7 Å². The van der Waals surface area contributed by atoms with Crippen molar-refractivity contribution in [2.45, 2.75) is 155 Å². The molecule has 1 saturated heterocycles. The van der Waals surface area contributed by atoms with Crippen molar-refractivity contribution in [1.29, 1.82) is 0 Å². The van der Waals surface area contributed by atoms with Crippen LogP contribution < -0.4 is 13.6 Å². The molecule has 0 unspecified atom stereocenters. The fourth-order valence-electron chi connectivity index (χ4n) is 8.67. The number of aromatic hydroxyl groups is 1. The Balaban J connectivity index is 1.63. The van der Waals surface area contributed by atoms with E-state index in [1.54, 1.807) is 7.11 Å². The van der Waals surface area contributed by atoms with Gasteiger partial charge in [-0.05, 0) is 101 Å². The molecule has 0 aromatic heterocycles. The normalized spacial score (nSPS) is 16.9. The van der Waals surface area contributed by atoms with Crippen molar-refractivity contribution in [1.82, 2.24) is 0 Å². The Bertz CT molecular complexity index is 2110. The first kappa shape index (κ1) is 38.6. The second-order valence-corrected chi connectivity index (χ2v) is 24.0. The lowest BCUT2D eigenvalue weighted by atomic mass is 9.79. The maximum absolute atomic E-state index is 12.4. The van der Waals surface area contributed by atoms with Crippen molar-refractivity contribution in [3.05, 3.63) is 115 Å². The van der Waals surface area contributed by atoms with E-state index in [9.17, 15) is 5.11 Å². The number of phenolic OH excluding ortho intramolecular Hbond substituents is 1. The standard InChI is InChI=1S/C49H64O4Si/c1-46(2,3)38-22-30-18-32-24-39(47(4,5)6)25-33(43(32)51-13)20-35-27-41(49(10,11)12)29-37-21-36-28-40(48(7,8)9)26-34(19-31(23-38)42(30)50)44(36)52-54(53-45(35)37)16-14-15-17-54/h22-29,50H,14-21H2,1-13H3. The van der Waals surface area contributed by atoms with Crippen LogP contribution in [0.2, 0.25) is 12.1 Å². The summed E-state index contributed by atoms with van der Waals surface area (Å²) < 4.78 is 21.5. The van der Waals surface area contributed by atoms with Crippen molar-refractivity contribution in [3.8, 4) is 23.0 Å². The van der Waals surface area contributed by atoms with Crippen molar-refractivity contribution in [3.63, 3.8) is 0 Å². The molecule has 1 spiro atoms. The Labute approximate surface area is 326 Å². The minimum atomic E-state index is -2.74. The molecule has 1 aliphatic carbocycles. The van der Waals surface area contributed by atoms with Gasteiger partial charge in [-0.1, -0.05) is 132 Å². The zero-order valence-corrected chi connectivity index (χ0v) is 36.4. The monoisotopic (exact) mass is 744 g/mol. The molecule has 4 nitrogen and oxygen atoms in total. The predicted octanol–water partition coefficient (Wildman–Crippen LogP) is 12.3. The van der Waals surface area contributed by atoms with E-state index >= 15 is 0 Å². The van der Waals surface area contributed by atoms with E-state index in [0.29, 0.717) is 31.4 Å². The molecule has 10 bridgehead atoms. The molecule has 0 radical (unpaired) electrons. The summed E-state index contributed by atoms with van der Waals surface area (Å²) in [5.41, 5.74) is 13.7. The molecular weight excluding hydrogens is 681 g/mol. The van der Waals surface area contributed by atoms with Gasteiger partial charge in [0.05, 0.1) is 7.11 Å². The number of rotatable bonds is 1. The van der Waals surface area contributed by atoms with Gasteiger partial charge in [0, 0.05) is 37.8 Å². The molecule has 4 aromatic rings. The van der Waals surface area contributed by atoms with Gasteiger partial charge in [-0.2, -0.15) is 0 Å². The minimum Gasteiger partial charge on any atom is -0.511 e. The molecular formula is C49H64O4Si. The first-order valence-electron chi connectivity index (χ1n) is 20.3. The molecule has 54 heavy (non-hydrogen) atoms. The average Bonchev–Trinajstić information content (AvgIpc) is 3.50. The maximum atomic E-state index is 12.4. The number of hydrogen-bond donors (Lipinski definition) is 1. The lowest BCUT2D eigenvalue weighted by Crippen LogP contribution is -2.47. The Morgan fingerprint density at radius 3 is 1.07 bits per heavy atom. The topological polar surface area (TPSA) is 47.9 Å². The highest BCUT2D eigenvalue weighted by Crippen LogP contribution is 2.48. The van der Waals surface area contributed by atoms with E-state index in [1.165, 1.54) is 38.9 Å². The van der Waals surface area contributed by atoms with Crippen molar-refractivity contribution in [2.24, 2.45) is 0 Å². The summed E-state index contributed by atoms with van der Waals surface area (Å²) >= 11 is 0. The van der Waals surface area contributed by atoms with E-state index in [0.717, 1.165) is 70.0 Å². The van der Waals surface area contributed by atoms with Crippen LogP contribution in [0.3, 0.4) is 0 Å². The van der Waals surface area contributed by atoms with Gasteiger partial charge in [0.15, 0.2) is 0 Å². The molecule has 288 valence electrons. The predicted molar refractivity (Wildman–Crippen MR) is 226 cm³/mol. The highest BCUT2D eigenvalue weighted by atomic mass is 28.4. The van der Waals surface area contributed by atoms with Gasteiger partial charge in [-0.25, -0.2) is 0 Å². The zero-order chi connectivity index (χ0) is 39.2. The van der Waals surface area contributed by atoms with Crippen LogP contribution in [0.5, 0.6) is 23.0 Å². The molecule has 3 aliphatic heterocycles. The lowest BCUT2D eigenvalue weighted by Gasteiger charge is -2.36. The van der Waals surface area contributed by atoms with Crippen LogP contribution in [0.4, 0.5) is 0 Å². The van der Waals surface area contributed by atoms with Gasteiger partial charge in [-0.3, -0.25) is 0 Å². The Hall–Kier alpha value is -3.70. The summed E-state index contributed by atoms with van der Waals surface area (Å²) in [6, 6.07) is 20.7. The third kappa shape index (κ3) is 7.34. The van der Waals surface area contributed by atoms with Gasteiger partial charge in [0.2, 0.25) is 0 Å². The largest absolute Gasteiger partial charge is 0.511 e.